The number of phenolic OH excluding ortho intramolecular Hbond substituents is 1. The van der Waals surface area contributed by atoms with Crippen molar-refractivity contribution < 1.29 is 24.2 Å². The van der Waals surface area contributed by atoms with Gasteiger partial charge < -0.3 is 14.6 Å². The summed E-state index contributed by atoms with van der Waals surface area (Å²) < 4.78 is 10.1. The topological polar surface area (TPSA) is 72.8 Å². The van der Waals surface area contributed by atoms with Crippen LogP contribution in [0.1, 0.15) is 32.6 Å². The standard InChI is InChI=1S/C21H20O5/c1-12-7-14(8-13(2)21(12)26-11-19(23)25-3)9-15-10-17-16(20(15)24)5-4-6-18(17)22/h4-9,22H,10-11H2,1-3H3/b15-9+. The van der Waals surface area contributed by atoms with Gasteiger partial charge in [0.2, 0.25) is 0 Å². The second-order valence-electron chi connectivity index (χ2n) is 6.33. The maximum absolute atomic E-state index is 12.5. The number of rotatable bonds is 4. The molecule has 0 aromatic heterocycles. The number of phenols is 1. The van der Waals surface area contributed by atoms with E-state index in [-0.39, 0.29) is 18.1 Å². The monoisotopic (exact) mass is 352 g/mol. The number of carbonyl (C=O) groups is 2. The minimum atomic E-state index is -0.441. The number of carbonyl (C=O) groups excluding carboxylic acids is 2. The second kappa shape index (κ2) is 7.04. The van der Waals surface area contributed by atoms with Gasteiger partial charge in [0.15, 0.2) is 12.4 Å². The molecule has 5 nitrogen and oxygen atoms in total. The molecule has 0 fully saturated rings. The average molecular weight is 352 g/mol. The van der Waals surface area contributed by atoms with Crippen molar-refractivity contribution in [2.45, 2.75) is 20.3 Å². The van der Waals surface area contributed by atoms with E-state index in [9.17, 15) is 14.7 Å². The van der Waals surface area contributed by atoms with Crippen molar-refractivity contribution >= 4 is 17.8 Å². The van der Waals surface area contributed by atoms with E-state index < -0.39 is 5.97 Å². The molecule has 0 bridgehead atoms. The minimum Gasteiger partial charge on any atom is -0.508 e. The predicted octanol–water partition coefficient (Wildman–Crippen LogP) is 3.38. The minimum absolute atomic E-state index is 0.0581. The predicted molar refractivity (Wildman–Crippen MR) is 97.5 cm³/mol. The number of fused-ring (bicyclic) bond motifs is 1. The van der Waals surface area contributed by atoms with Crippen LogP contribution in [0, 0.1) is 13.8 Å². The lowest BCUT2D eigenvalue weighted by Crippen LogP contribution is -2.13. The molecule has 2 aromatic carbocycles. The Hall–Kier alpha value is -3.08. The molecule has 0 aliphatic heterocycles. The number of benzene rings is 2. The molecular formula is C21H20O5. The molecule has 134 valence electrons. The number of hydrogen-bond acceptors (Lipinski definition) is 5. The van der Waals surface area contributed by atoms with Crippen LogP contribution >= 0.6 is 0 Å². The van der Waals surface area contributed by atoms with Crippen LogP contribution in [0.5, 0.6) is 11.5 Å². The fourth-order valence-corrected chi connectivity index (χ4v) is 3.22. The SMILES string of the molecule is COC(=O)COc1c(C)cc(/C=C2\Cc3c(O)cccc3C2=O)cc1C. The van der Waals surface area contributed by atoms with Crippen LogP contribution in [-0.2, 0) is 16.0 Å². The number of allylic oxidation sites excluding steroid dienone is 1. The molecule has 5 heteroatoms. The zero-order valence-electron chi connectivity index (χ0n) is 15.0. The summed E-state index contributed by atoms with van der Waals surface area (Å²) in [5, 5.41) is 9.95. The van der Waals surface area contributed by atoms with Crippen LogP contribution in [0.15, 0.2) is 35.9 Å². The van der Waals surface area contributed by atoms with E-state index in [1.165, 1.54) is 7.11 Å². The number of methoxy groups -OCH3 is 1. The molecule has 0 atom stereocenters. The lowest BCUT2D eigenvalue weighted by atomic mass is 10.0. The Morgan fingerprint density at radius 2 is 1.92 bits per heavy atom. The first-order valence-electron chi connectivity index (χ1n) is 8.27. The zero-order valence-corrected chi connectivity index (χ0v) is 15.0. The summed E-state index contributed by atoms with van der Waals surface area (Å²) in [4.78, 5) is 23.8. The number of ketones is 1. The third-order valence-electron chi connectivity index (χ3n) is 4.44. The van der Waals surface area contributed by atoms with Crippen molar-refractivity contribution in [2.24, 2.45) is 0 Å². The maximum atomic E-state index is 12.5. The Morgan fingerprint density at radius 3 is 2.54 bits per heavy atom. The number of aryl methyl sites for hydroxylation is 2. The second-order valence-corrected chi connectivity index (χ2v) is 6.33. The van der Waals surface area contributed by atoms with Crippen LogP contribution in [0.4, 0.5) is 0 Å². The highest BCUT2D eigenvalue weighted by molar-refractivity contribution is 6.16. The molecule has 0 amide bonds. The molecule has 1 aliphatic rings. The van der Waals surface area contributed by atoms with Crippen LogP contribution in [0.25, 0.3) is 6.08 Å². The Labute approximate surface area is 151 Å². The quantitative estimate of drug-likeness (QED) is 0.674. The van der Waals surface area contributed by atoms with Gasteiger partial charge in [0.05, 0.1) is 7.11 Å². The van der Waals surface area contributed by atoms with Gasteiger partial charge in [-0.25, -0.2) is 4.79 Å². The summed E-state index contributed by atoms with van der Waals surface area (Å²) in [6.45, 7) is 3.63. The first kappa shape index (κ1) is 17.7. The van der Waals surface area contributed by atoms with E-state index in [0.717, 1.165) is 16.7 Å². The van der Waals surface area contributed by atoms with Crippen molar-refractivity contribution in [1.29, 1.82) is 0 Å². The molecule has 0 spiro atoms. The van der Waals surface area contributed by atoms with Gasteiger partial charge >= 0.3 is 5.97 Å². The smallest absolute Gasteiger partial charge is 0.343 e. The van der Waals surface area contributed by atoms with E-state index in [2.05, 4.69) is 4.74 Å². The van der Waals surface area contributed by atoms with Crippen molar-refractivity contribution in [3.63, 3.8) is 0 Å². The van der Waals surface area contributed by atoms with Crippen molar-refractivity contribution in [3.8, 4) is 11.5 Å². The highest BCUT2D eigenvalue weighted by atomic mass is 16.6. The van der Waals surface area contributed by atoms with Crippen molar-refractivity contribution in [2.75, 3.05) is 13.7 Å². The Balaban J connectivity index is 1.87. The number of aromatic hydroxyl groups is 1. The van der Waals surface area contributed by atoms with Gasteiger partial charge in [-0.15, -0.1) is 0 Å². The van der Waals surface area contributed by atoms with Crippen LogP contribution in [-0.4, -0.2) is 30.6 Å². The van der Waals surface area contributed by atoms with E-state index in [1.807, 2.05) is 32.1 Å². The van der Waals surface area contributed by atoms with E-state index in [1.54, 1.807) is 18.2 Å². The summed E-state index contributed by atoms with van der Waals surface area (Å²) >= 11 is 0. The number of ether oxygens (including phenoxy) is 2. The molecule has 0 radical (unpaired) electrons. The summed E-state index contributed by atoms with van der Waals surface area (Å²) in [5.41, 5.74) is 4.49. The van der Waals surface area contributed by atoms with Crippen LogP contribution in [0.2, 0.25) is 0 Å². The third kappa shape index (κ3) is 3.33. The van der Waals surface area contributed by atoms with Gasteiger partial charge in [0, 0.05) is 23.1 Å². The molecule has 26 heavy (non-hydrogen) atoms. The normalized spacial score (nSPS) is 14.4. The summed E-state index contributed by atoms with van der Waals surface area (Å²) in [5.74, 6) is 0.288. The molecule has 0 heterocycles. The summed E-state index contributed by atoms with van der Waals surface area (Å²) in [6.07, 6.45) is 2.26. The fraction of sp³-hybridized carbons (Fsp3) is 0.238. The molecular weight excluding hydrogens is 332 g/mol. The fourth-order valence-electron chi connectivity index (χ4n) is 3.22. The highest BCUT2D eigenvalue weighted by Crippen LogP contribution is 2.34. The van der Waals surface area contributed by atoms with Crippen LogP contribution in [0.3, 0.4) is 0 Å². The van der Waals surface area contributed by atoms with Gasteiger partial charge in [-0.3, -0.25) is 4.79 Å². The molecule has 0 saturated carbocycles. The molecule has 0 saturated heterocycles. The third-order valence-corrected chi connectivity index (χ3v) is 4.44. The van der Waals surface area contributed by atoms with Gasteiger partial charge in [0.1, 0.15) is 11.5 Å². The first-order chi connectivity index (χ1) is 12.4. The maximum Gasteiger partial charge on any atom is 0.343 e. The Kier molecular flexibility index (Phi) is 4.80. The van der Waals surface area contributed by atoms with Gasteiger partial charge in [0.25, 0.3) is 0 Å². The molecule has 0 unspecified atom stereocenters. The molecule has 1 aliphatic carbocycles. The van der Waals surface area contributed by atoms with Crippen molar-refractivity contribution in [1.82, 2.24) is 0 Å². The Bertz CT molecular complexity index is 901. The number of hydrogen-bond donors (Lipinski definition) is 1. The van der Waals surface area contributed by atoms with E-state index in [4.69, 9.17) is 4.74 Å². The first-order valence-corrected chi connectivity index (χ1v) is 8.27. The van der Waals surface area contributed by atoms with E-state index >= 15 is 0 Å². The number of Topliss-reactive ketones (excluding diaryl/α,β-unsaturated/α-hetero) is 1. The van der Waals surface area contributed by atoms with Crippen LogP contribution < -0.4 is 4.74 Å². The van der Waals surface area contributed by atoms with Gasteiger partial charge in [-0.1, -0.05) is 12.1 Å². The summed E-state index contributed by atoms with van der Waals surface area (Å²) in [7, 11) is 1.31. The molecule has 2 aromatic rings. The average Bonchev–Trinajstić information content (AvgIpc) is 2.91. The lowest BCUT2D eigenvalue weighted by molar-refractivity contribution is -0.142. The largest absolute Gasteiger partial charge is 0.508 e. The number of esters is 1. The zero-order chi connectivity index (χ0) is 18.8. The van der Waals surface area contributed by atoms with Crippen molar-refractivity contribution in [3.05, 3.63) is 63.7 Å². The summed E-state index contributed by atoms with van der Waals surface area (Å²) in [6, 6.07) is 8.82. The molecule has 3 rings (SSSR count). The Morgan fingerprint density at radius 1 is 1.23 bits per heavy atom. The highest BCUT2D eigenvalue weighted by Gasteiger charge is 2.26. The van der Waals surface area contributed by atoms with Gasteiger partial charge in [-0.05, 0) is 54.8 Å². The van der Waals surface area contributed by atoms with Gasteiger partial charge in [-0.2, -0.15) is 0 Å². The lowest BCUT2D eigenvalue weighted by Gasteiger charge is -2.12. The van der Waals surface area contributed by atoms with E-state index in [0.29, 0.717) is 28.9 Å². The molecule has 1 N–H and O–H groups in total.